The van der Waals surface area contributed by atoms with Gasteiger partial charge in [-0.25, -0.2) is 0 Å². The van der Waals surface area contributed by atoms with E-state index in [1.54, 1.807) is 4.88 Å². The number of aryl methyl sites for hydroxylation is 1. The first-order valence-electron chi connectivity index (χ1n) is 8.04. The fourth-order valence-electron chi connectivity index (χ4n) is 5.48. The van der Waals surface area contributed by atoms with Crippen molar-refractivity contribution in [1.29, 1.82) is 0 Å². The Labute approximate surface area is 120 Å². The molecule has 2 bridgehead atoms. The smallest absolute Gasteiger partial charge is 0.0391 e. The number of nitrogens with one attached hydrogen (secondary N) is 1. The summed E-state index contributed by atoms with van der Waals surface area (Å²) in [6.07, 6.45) is 7.56. The van der Waals surface area contributed by atoms with Gasteiger partial charge in [0.15, 0.2) is 0 Å². The molecule has 4 rings (SSSR count). The van der Waals surface area contributed by atoms with E-state index in [4.69, 9.17) is 0 Å². The van der Waals surface area contributed by atoms with Crippen LogP contribution in [-0.4, -0.2) is 6.04 Å². The maximum Gasteiger partial charge on any atom is 0.0391 e. The highest BCUT2D eigenvalue weighted by atomic mass is 32.1. The molecule has 0 spiro atoms. The molecule has 6 unspecified atom stereocenters. The van der Waals surface area contributed by atoms with Crippen LogP contribution < -0.4 is 5.32 Å². The molecule has 104 valence electrons. The Morgan fingerprint density at radius 1 is 1.21 bits per heavy atom. The van der Waals surface area contributed by atoms with Crippen molar-refractivity contribution >= 4 is 11.3 Å². The van der Waals surface area contributed by atoms with Gasteiger partial charge in [-0.05, 0) is 80.2 Å². The Balaban J connectivity index is 1.46. The lowest BCUT2D eigenvalue weighted by atomic mass is 9.79. The summed E-state index contributed by atoms with van der Waals surface area (Å²) >= 11 is 1.92. The minimum Gasteiger partial charge on any atom is -0.306 e. The zero-order chi connectivity index (χ0) is 13.0. The van der Waals surface area contributed by atoms with E-state index in [0.29, 0.717) is 6.04 Å². The Kier molecular flexibility index (Phi) is 3.00. The molecule has 0 aromatic carbocycles. The zero-order valence-corrected chi connectivity index (χ0v) is 12.9. The highest BCUT2D eigenvalue weighted by molar-refractivity contribution is 7.10. The molecule has 2 heteroatoms. The van der Waals surface area contributed by atoms with Crippen molar-refractivity contribution in [3.63, 3.8) is 0 Å². The molecule has 3 fully saturated rings. The van der Waals surface area contributed by atoms with Crippen molar-refractivity contribution < 1.29 is 0 Å². The predicted molar refractivity (Wildman–Crippen MR) is 81.4 cm³/mol. The van der Waals surface area contributed by atoms with E-state index >= 15 is 0 Å². The minimum absolute atomic E-state index is 0.546. The van der Waals surface area contributed by atoms with Gasteiger partial charge in [-0.1, -0.05) is 6.42 Å². The molecule has 0 amide bonds. The van der Waals surface area contributed by atoms with E-state index in [1.807, 2.05) is 11.3 Å². The Hall–Kier alpha value is -0.340. The number of hydrogen-bond donors (Lipinski definition) is 1. The van der Waals surface area contributed by atoms with Gasteiger partial charge < -0.3 is 5.32 Å². The van der Waals surface area contributed by atoms with Crippen molar-refractivity contribution in [2.45, 2.75) is 58.0 Å². The van der Waals surface area contributed by atoms with Crippen LogP contribution in [0.25, 0.3) is 0 Å². The van der Waals surface area contributed by atoms with E-state index in [-0.39, 0.29) is 0 Å². The van der Waals surface area contributed by atoms with E-state index < -0.39 is 0 Å². The molecule has 0 saturated heterocycles. The third kappa shape index (κ3) is 1.91. The second-order valence-corrected chi connectivity index (χ2v) is 8.06. The standard InChI is InChI=1S/C17H25NS/c1-10-6-7-19-17(10)11(2)18-16-9-12-8-15(16)14-5-3-4-13(12)14/h6-7,11-16,18H,3-5,8-9H2,1-2H3. The van der Waals surface area contributed by atoms with Gasteiger partial charge in [-0.2, -0.15) is 0 Å². The molecule has 19 heavy (non-hydrogen) atoms. The van der Waals surface area contributed by atoms with Gasteiger partial charge in [0, 0.05) is 17.0 Å². The first kappa shape index (κ1) is 12.4. The third-order valence-corrected chi connectivity index (χ3v) is 7.39. The lowest BCUT2D eigenvalue weighted by molar-refractivity contribution is 0.200. The molecule has 6 atom stereocenters. The summed E-state index contributed by atoms with van der Waals surface area (Å²) in [5.41, 5.74) is 1.46. The highest BCUT2D eigenvalue weighted by Gasteiger charge is 2.53. The maximum absolute atomic E-state index is 3.98. The van der Waals surface area contributed by atoms with Crippen molar-refractivity contribution in [3.05, 3.63) is 21.9 Å². The van der Waals surface area contributed by atoms with Gasteiger partial charge in [0.25, 0.3) is 0 Å². The van der Waals surface area contributed by atoms with Crippen LogP contribution in [-0.2, 0) is 0 Å². The largest absolute Gasteiger partial charge is 0.306 e. The molecule has 3 aliphatic rings. The SMILES string of the molecule is Cc1ccsc1C(C)NC1CC2CC1C1CCCC21. The highest BCUT2D eigenvalue weighted by Crippen LogP contribution is 2.58. The molecule has 0 aliphatic heterocycles. The van der Waals surface area contributed by atoms with Crippen LogP contribution in [0.15, 0.2) is 11.4 Å². The van der Waals surface area contributed by atoms with Crippen LogP contribution in [0.1, 0.15) is 55.5 Å². The predicted octanol–water partition coefficient (Wildman–Crippen LogP) is 4.53. The number of thiophene rings is 1. The second kappa shape index (κ2) is 4.60. The summed E-state index contributed by atoms with van der Waals surface area (Å²) in [6, 6.07) is 3.61. The molecule has 3 saturated carbocycles. The minimum atomic E-state index is 0.546. The fraction of sp³-hybridized carbons (Fsp3) is 0.765. The average molecular weight is 275 g/mol. The third-order valence-electron chi connectivity index (χ3n) is 6.19. The molecule has 0 radical (unpaired) electrons. The summed E-state index contributed by atoms with van der Waals surface area (Å²) in [7, 11) is 0. The quantitative estimate of drug-likeness (QED) is 0.854. The molecular formula is C17H25NS. The maximum atomic E-state index is 3.98. The summed E-state index contributed by atoms with van der Waals surface area (Å²) in [5, 5.41) is 6.21. The molecule has 1 N–H and O–H groups in total. The summed E-state index contributed by atoms with van der Waals surface area (Å²) in [6.45, 7) is 4.61. The number of fused-ring (bicyclic) bond motifs is 5. The lowest BCUT2D eigenvalue weighted by Gasteiger charge is -2.34. The normalized spacial score (nSPS) is 41.7. The second-order valence-electron chi connectivity index (χ2n) is 7.12. The van der Waals surface area contributed by atoms with Gasteiger partial charge in [-0.15, -0.1) is 11.3 Å². The zero-order valence-electron chi connectivity index (χ0n) is 12.1. The van der Waals surface area contributed by atoms with Gasteiger partial charge in [0.05, 0.1) is 0 Å². The van der Waals surface area contributed by atoms with Gasteiger partial charge in [0.2, 0.25) is 0 Å². The molecule has 1 nitrogen and oxygen atoms in total. The monoisotopic (exact) mass is 275 g/mol. The van der Waals surface area contributed by atoms with E-state index in [1.165, 1.54) is 37.7 Å². The molecule has 1 heterocycles. The first-order valence-corrected chi connectivity index (χ1v) is 8.92. The summed E-state index contributed by atoms with van der Waals surface area (Å²) < 4.78 is 0. The molecule has 1 aromatic heterocycles. The molecule has 1 aromatic rings. The average Bonchev–Trinajstić information content (AvgIpc) is 3.07. The number of hydrogen-bond acceptors (Lipinski definition) is 2. The van der Waals surface area contributed by atoms with E-state index in [2.05, 4.69) is 30.6 Å². The van der Waals surface area contributed by atoms with Crippen molar-refractivity contribution in [2.24, 2.45) is 23.7 Å². The Bertz CT molecular complexity index is 466. The van der Waals surface area contributed by atoms with Crippen LogP contribution in [0, 0.1) is 30.6 Å². The first-order chi connectivity index (χ1) is 9.24. The van der Waals surface area contributed by atoms with Crippen molar-refractivity contribution in [1.82, 2.24) is 5.32 Å². The number of rotatable bonds is 3. The molecule has 3 aliphatic carbocycles. The molecular weight excluding hydrogens is 250 g/mol. The van der Waals surface area contributed by atoms with Crippen LogP contribution >= 0.6 is 11.3 Å². The van der Waals surface area contributed by atoms with Crippen LogP contribution in [0.3, 0.4) is 0 Å². The van der Waals surface area contributed by atoms with Gasteiger partial charge >= 0.3 is 0 Å². The lowest BCUT2D eigenvalue weighted by Crippen LogP contribution is -2.40. The van der Waals surface area contributed by atoms with E-state index in [0.717, 1.165) is 29.7 Å². The fourth-order valence-corrected chi connectivity index (χ4v) is 6.43. The van der Waals surface area contributed by atoms with Crippen LogP contribution in [0.2, 0.25) is 0 Å². The van der Waals surface area contributed by atoms with E-state index in [9.17, 15) is 0 Å². The Morgan fingerprint density at radius 3 is 2.84 bits per heavy atom. The summed E-state index contributed by atoms with van der Waals surface area (Å²) in [5.74, 6) is 4.25. The van der Waals surface area contributed by atoms with Crippen molar-refractivity contribution in [3.8, 4) is 0 Å². The summed E-state index contributed by atoms with van der Waals surface area (Å²) in [4.78, 5) is 1.55. The van der Waals surface area contributed by atoms with Gasteiger partial charge in [0.1, 0.15) is 0 Å². The van der Waals surface area contributed by atoms with Crippen molar-refractivity contribution in [2.75, 3.05) is 0 Å². The Morgan fingerprint density at radius 2 is 2.05 bits per heavy atom. The van der Waals surface area contributed by atoms with Crippen LogP contribution in [0.4, 0.5) is 0 Å². The topological polar surface area (TPSA) is 12.0 Å². The van der Waals surface area contributed by atoms with Gasteiger partial charge in [-0.3, -0.25) is 0 Å². The van der Waals surface area contributed by atoms with Crippen LogP contribution in [0.5, 0.6) is 0 Å².